The maximum atomic E-state index is 3.35. The second kappa shape index (κ2) is 13.7. The summed E-state index contributed by atoms with van der Waals surface area (Å²) in [6, 6.07) is 38.0. The highest BCUT2D eigenvalue weighted by Gasteiger charge is 2.00. The average molecular weight is 467 g/mol. The molecule has 0 amide bonds. The quantitative estimate of drug-likeness (QED) is 0.271. The molecule has 182 valence electrons. The van der Waals surface area contributed by atoms with Crippen molar-refractivity contribution in [1.29, 1.82) is 0 Å². The van der Waals surface area contributed by atoms with E-state index in [-0.39, 0.29) is 0 Å². The smallest absolute Gasteiger partial charge is 0.0361 e. The van der Waals surface area contributed by atoms with Gasteiger partial charge in [-0.3, -0.25) is 0 Å². The van der Waals surface area contributed by atoms with E-state index in [4.69, 9.17) is 0 Å². The largest absolute Gasteiger partial charge is 0.383 e. The summed E-state index contributed by atoms with van der Waals surface area (Å²) >= 11 is 0. The highest BCUT2D eigenvalue weighted by Crippen LogP contribution is 2.18. The Balaban J connectivity index is 0.000000198. The Morgan fingerprint density at radius 1 is 0.457 bits per heavy atom. The minimum atomic E-state index is 0.916. The summed E-state index contributed by atoms with van der Waals surface area (Å²) in [6.07, 6.45) is 0.988. The van der Waals surface area contributed by atoms with Gasteiger partial charge >= 0.3 is 0 Å². The minimum absolute atomic E-state index is 0.916. The summed E-state index contributed by atoms with van der Waals surface area (Å²) in [5.41, 5.74) is 7.51. The number of rotatable bonds is 9. The third-order valence-electron chi connectivity index (χ3n) is 5.64. The Hall–Kier alpha value is -3.92. The molecule has 35 heavy (non-hydrogen) atoms. The monoisotopic (exact) mass is 466 g/mol. The lowest BCUT2D eigenvalue weighted by atomic mass is 10.0. The molecule has 0 saturated heterocycles. The zero-order valence-electron chi connectivity index (χ0n) is 21.4. The summed E-state index contributed by atoms with van der Waals surface area (Å²) in [6.45, 7) is 1.83. The number of nitrogens with zero attached hydrogens (tertiary/aromatic N) is 2. The van der Waals surface area contributed by atoms with Crippen LogP contribution in [0.3, 0.4) is 0 Å². The van der Waals surface area contributed by atoms with Crippen LogP contribution in [0.25, 0.3) is 0 Å². The molecule has 0 aliphatic rings. The van der Waals surface area contributed by atoms with E-state index in [0.717, 1.165) is 30.9 Å². The van der Waals surface area contributed by atoms with Gasteiger partial charge in [-0.2, -0.15) is 0 Å². The number of benzene rings is 4. The number of para-hydroxylation sites is 2. The van der Waals surface area contributed by atoms with Crippen molar-refractivity contribution in [2.45, 2.75) is 6.42 Å². The van der Waals surface area contributed by atoms with Crippen LogP contribution in [0.2, 0.25) is 0 Å². The predicted octanol–water partition coefficient (Wildman–Crippen LogP) is 6.62. The molecule has 0 unspecified atom stereocenters. The predicted molar refractivity (Wildman–Crippen MR) is 154 cm³/mol. The second-order valence-electron chi connectivity index (χ2n) is 8.88. The van der Waals surface area contributed by atoms with Crippen molar-refractivity contribution < 1.29 is 0 Å². The van der Waals surface area contributed by atoms with Gasteiger partial charge in [-0.25, -0.2) is 0 Å². The molecule has 4 rings (SSSR count). The van der Waals surface area contributed by atoms with Crippen molar-refractivity contribution in [2.24, 2.45) is 0 Å². The molecule has 4 nitrogen and oxygen atoms in total. The van der Waals surface area contributed by atoms with Gasteiger partial charge in [0.15, 0.2) is 0 Å². The third kappa shape index (κ3) is 9.09. The average Bonchev–Trinajstić information content (AvgIpc) is 2.89. The topological polar surface area (TPSA) is 30.5 Å². The lowest BCUT2D eigenvalue weighted by molar-refractivity contribution is 1.08. The van der Waals surface area contributed by atoms with Gasteiger partial charge in [0, 0.05) is 64.0 Å². The molecular formula is C31H38N4. The van der Waals surface area contributed by atoms with Crippen molar-refractivity contribution in [3.05, 3.63) is 120 Å². The molecule has 0 radical (unpaired) electrons. The van der Waals surface area contributed by atoms with Crippen molar-refractivity contribution >= 4 is 22.7 Å². The summed E-state index contributed by atoms with van der Waals surface area (Å²) in [5.74, 6) is 0. The molecule has 0 bridgehead atoms. The van der Waals surface area contributed by atoms with E-state index in [0.29, 0.717) is 0 Å². The van der Waals surface area contributed by atoms with Crippen LogP contribution < -0.4 is 20.4 Å². The van der Waals surface area contributed by atoms with Gasteiger partial charge in [0.25, 0.3) is 0 Å². The molecule has 0 aromatic heterocycles. The highest BCUT2D eigenvalue weighted by atomic mass is 15.1. The minimum Gasteiger partial charge on any atom is -0.383 e. The fourth-order valence-corrected chi connectivity index (χ4v) is 3.59. The fraction of sp³-hybridized carbons (Fsp3) is 0.226. The van der Waals surface area contributed by atoms with Crippen molar-refractivity contribution in [3.63, 3.8) is 0 Å². The van der Waals surface area contributed by atoms with Crippen molar-refractivity contribution in [1.82, 2.24) is 0 Å². The van der Waals surface area contributed by atoms with Crippen LogP contribution in [0, 0.1) is 0 Å². The van der Waals surface area contributed by atoms with Crippen LogP contribution in [0.5, 0.6) is 0 Å². The maximum Gasteiger partial charge on any atom is 0.0361 e. The zero-order chi connectivity index (χ0) is 24.9. The van der Waals surface area contributed by atoms with E-state index >= 15 is 0 Å². The van der Waals surface area contributed by atoms with Gasteiger partial charge in [0.2, 0.25) is 0 Å². The summed E-state index contributed by atoms with van der Waals surface area (Å²) in [4.78, 5) is 4.24. The Bertz CT molecular complexity index is 999. The first-order chi connectivity index (χ1) is 17.0. The van der Waals surface area contributed by atoms with Crippen LogP contribution in [-0.2, 0) is 6.42 Å². The van der Waals surface area contributed by atoms with Crippen LogP contribution in [-0.4, -0.2) is 41.3 Å². The zero-order valence-corrected chi connectivity index (χ0v) is 21.4. The van der Waals surface area contributed by atoms with Crippen LogP contribution in [0.4, 0.5) is 22.7 Å². The molecule has 0 aliphatic heterocycles. The van der Waals surface area contributed by atoms with E-state index in [2.05, 4.69) is 121 Å². The molecule has 0 fully saturated rings. The molecule has 0 aliphatic carbocycles. The molecule has 0 atom stereocenters. The lowest BCUT2D eigenvalue weighted by Crippen LogP contribution is -2.13. The fourth-order valence-electron chi connectivity index (χ4n) is 3.59. The maximum absolute atomic E-state index is 3.35. The van der Waals surface area contributed by atoms with Gasteiger partial charge < -0.3 is 20.4 Å². The summed E-state index contributed by atoms with van der Waals surface area (Å²) in [7, 11) is 8.26. The first kappa shape index (κ1) is 25.7. The van der Waals surface area contributed by atoms with Gasteiger partial charge in [0.05, 0.1) is 0 Å². The van der Waals surface area contributed by atoms with E-state index in [1.54, 1.807) is 0 Å². The second-order valence-corrected chi connectivity index (χ2v) is 8.88. The van der Waals surface area contributed by atoms with E-state index in [1.807, 2.05) is 36.4 Å². The first-order valence-corrected chi connectivity index (χ1v) is 12.1. The standard InChI is InChI=1S/C17H22N2.C14H16N2/c1-18(2)16-9-5-14(6-10-16)13-15-7-11-17(12-8-15)19(3)4;1-3-7-13(8-4-1)15-11-12-16-14-9-5-2-6-10-14/h5-12H,13H2,1-4H3;1-10,15-16H,11-12H2. The number of nitrogens with one attached hydrogen (secondary N) is 2. The molecular weight excluding hydrogens is 428 g/mol. The Kier molecular flexibility index (Phi) is 10.1. The normalized spacial score (nSPS) is 10.1. The molecule has 4 heteroatoms. The van der Waals surface area contributed by atoms with Gasteiger partial charge in [0.1, 0.15) is 0 Å². The number of hydrogen-bond donors (Lipinski definition) is 2. The van der Waals surface area contributed by atoms with Gasteiger partial charge in [-0.15, -0.1) is 0 Å². The number of hydrogen-bond acceptors (Lipinski definition) is 4. The van der Waals surface area contributed by atoms with E-state index in [9.17, 15) is 0 Å². The van der Waals surface area contributed by atoms with Crippen LogP contribution in [0.15, 0.2) is 109 Å². The lowest BCUT2D eigenvalue weighted by Gasteiger charge is -2.14. The van der Waals surface area contributed by atoms with Crippen LogP contribution >= 0.6 is 0 Å². The Labute approximate surface area is 211 Å². The van der Waals surface area contributed by atoms with E-state index < -0.39 is 0 Å². The highest BCUT2D eigenvalue weighted by molar-refractivity contribution is 5.49. The number of anilines is 4. The van der Waals surface area contributed by atoms with Crippen molar-refractivity contribution in [2.75, 3.05) is 61.7 Å². The molecule has 0 spiro atoms. The van der Waals surface area contributed by atoms with E-state index in [1.165, 1.54) is 22.5 Å². The summed E-state index contributed by atoms with van der Waals surface area (Å²) in [5, 5.41) is 6.70. The van der Waals surface area contributed by atoms with Gasteiger partial charge in [-0.05, 0) is 66.1 Å². The molecule has 0 saturated carbocycles. The van der Waals surface area contributed by atoms with Gasteiger partial charge in [-0.1, -0.05) is 60.7 Å². The Morgan fingerprint density at radius 2 is 0.800 bits per heavy atom. The molecule has 2 N–H and O–H groups in total. The molecule has 0 heterocycles. The molecule has 4 aromatic carbocycles. The first-order valence-electron chi connectivity index (χ1n) is 12.1. The summed E-state index contributed by atoms with van der Waals surface area (Å²) < 4.78 is 0. The molecule has 4 aromatic rings. The third-order valence-corrected chi connectivity index (χ3v) is 5.64. The van der Waals surface area contributed by atoms with Crippen molar-refractivity contribution in [3.8, 4) is 0 Å². The SMILES string of the molecule is CN(C)c1ccc(Cc2ccc(N(C)C)cc2)cc1.c1ccc(NCCNc2ccccc2)cc1. The Morgan fingerprint density at radius 3 is 1.11 bits per heavy atom. The van der Waals surface area contributed by atoms with Crippen LogP contribution in [0.1, 0.15) is 11.1 Å².